The predicted octanol–water partition coefficient (Wildman–Crippen LogP) is 0.873. The molecule has 13 heteroatoms. The molecule has 0 radical (unpaired) electrons. The summed E-state index contributed by atoms with van der Waals surface area (Å²) in [4.78, 5) is 82.7. The third kappa shape index (κ3) is 5.00. The summed E-state index contributed by atoms with van der Waals surface area (Å²) in [7, 11) is 0. The number of carbonyl (C=O) groups excluding carboxylic acids is 6. The van der Waals surface area contributed by atoms with Crippen molar-refractivity contribution in [1.29, 1.82) is 0 Å². The van der Waals surface area contributed by atoms with Gasteiger partial charge in [0, 0.05) is 18.8 Å². The minimum atomic E-state index is -2.10. The highest BCUT2D eigenvalue weighted by atomic mass is 35.5. The summed E-state index contributed by atoms with van der Waals surface area (Å²) >= 11 is 12.1. The van der Waals surface area contributed by atoms with E-state index in [0.29, 0.717) is 6.29 Å². The minimum absolute atomic E-state index is 0.0649. The number of hydrogen-bond donors (Lipinski definition) is 0. The third-order valence-corrected chi connectivity index (χ3v) is 4.94. The molecule has 0 saturated heterocycles. The van der Waals surface area contributed by atoms with Gasteiger partial charge in [-0.3, -0.25) is 4.79 Å². The van der Waals surface area contributed by atoms with Crippen LogP contribution in [0, 0.1) is 5.41 Å². The van der Waals surface area contributed by atoms with Crippen LogP contribution in [-0.2, 0) is 43.3 Å². The quantitative estimate of drug-likeness (QED) is 0.119. The molecule has 1 aromatic heterocycles. The molecular formula is C18H16Cl2N2O9. The van der Waals surface area contributed by atoms with Gasteiger partial charge in [-0.25, -0.2) is 24.3 Å². The lowest BCUT2D eigenvalue weighted by Crippen LogP contribution is -2.35. The van der Waals surface area contributed by atoms with E-state index in [1.807, 2.05) is 0 Å². The lowest BCUT2D eigenvalue weighted by molar-refractivity contribution is -0.262. The fraction of sp³-hybridized carbons (Fsp3) is 0.389. The molecule has 0 aromatic carbocycles. The Bertz CT molecular complexity index is 910. The van der Waals surface area contributed by atoms with Crippen LogP contribution in [0.5, 0.6) is 0 Å². The number of ether oxygens (including phenoxy) is 1. The number of esters is 1. The number of aromatic nitrogens is 1. The molecule has 1 aliphatic rings. The van der Waals surface area contributed by atoms with Gasteiger partial charge in [-0.15, -0.1) is 0 Å². The van der Waals surface area contributed by atoms with Crippen LogP contribution < -0.4 is 4.90 Å². The zero-order chi connectivity index (χ0) is 23.2. The van der Waals surface area contributed by atoms with Gasteiger partial charge >= 0.3 is 17.9 Å². The fourth-order valence-corrected chi connectivity index (χ4v) is 3.38. The van der Waals surface area contributed by atoms with Gasteiger partial charge in [0.25, 0.3) is 0 Å². The molecule has 1 fully saturated rings. The summed E-state index contributed by atoms with van der Waals surface area (Å²) in [5, 5.41) is 0.191. The number of carbonyl (C=O) groups is 6. The van der Waals surface area contributed by atoms with E-state index in [9.17, 15) is 28.8 Å². The van der Waals surface area contributed by atoms with E-state index in [2.05, 4.69) is 14.8 Å². The molecular weight excluding hydrogens is 459 g/mol. The van der Waals surface area contributed by atoms with Crippen LogP contribution in [0.15, 0.2) is 12.3 Å². The van der Waals surface area contributed by atoms with E-state index in [1.165, 1.54) is 17.2 Å². The molecule has 166 valence electrons. The molecule has 0 aliphatic heterocycles. The first kappa shape index (κ1) is 24.2. The number of anilines is 1. The fourth-order valence-electron chi connectivity index (χ4n) is 3.02. The van der Waals surface area contributed by atoms with Crippen LogP contribution in [0.2, 0.25) is 10.2 Å². The molecule has 1 aromatic rings. The highest BCUT2D eigenvalue weighted by Crippen LogP contribution is 2.53. The summed E-state index contributed by atoms with van der Waals surface area (Å²) in [5.74, 6) is -3.51. The van der Waals surface area contributed by atoms with Crippen molar-refractivity contribution in [3.63, 3.8) is 0 Å². The van der Waals surface area contributed by atoms with Crippen LogP contribution in [0.3, 0.4) is 0 Å². The van der Waals surface area contributed by atoms with Gasteiger partial charge in [-0.1, -0.05) is 23.2 Å². The number of halogens is 2. The Morgan fingerprint density at radius 2 is 1.77 bits per heavy atom. The Balaban J connectivity index is 2.40. The standard InChI is InChI=1S/C18H16Cl2N2O9/c1-2-22(11-7-12(20)21-8-10(11)19)15-16(29-13(26)3-5-23)18(15,9-25)17(28)31-30-14(27)4-6-24/h5-9,15-16H,2-4H2,1H3. The molecule has 0 bridgehead atoms. The van der Waals surface area contributed by atoms with E-state index >= 15 is 0 Å². The van der Waals surface area contributed by atoms with E-state index in [-0.39, 0.29) is 35.0 Å². The highest BCUT2D eigenvalue weighted by Gasteiger charge is 2.77. The van der Waals surface area contributed by atoms with Gasteiger partial charge in [-0.2, -0.15) is 0 Å². The second-order valence-corrected chi connectivity index (χ2v) is 7.01. The number of aldehydes is 3. The Labute approximate surface area is 185 Å². The summed E-state index contributed by atoms with van der Waals surface area (Å²) in [5.41, 5.74) is -1.82. The molecule has 11 nitrogen and oxygen atoms in total. The number of pyridine rings is 1. The molecule has 1 saturated carbocycles. The normalized spacial score (nSPS) is 21.4. The van der Waals surface area contributed by atoms with Crippen LogP contribution in [0.25, 0.3) is 0 Å². The Morgan fingerprint density at radius 3 is 2.35 bits per heavy atom. The van der Waals surface area contributed by atoms with E-state index < -0.39 is 48.3 Å². The van der Waals surface area contributed by atoms with Crippen molar-refractivity contribution in [3.8, 4) is 0 Å². The zero-order valence-corrected chi connectivity index (χ0v) is 17.5. The van der Waals surface area contributed by atoms with Crippen LogP contribution >= 0.6 is 23.2 Å². The third-order valence-electron chi connectivity index (χ3n) is 4.44. The van der Waals surface area contributed by atoms with Crippen molar-refractivity contribution >= 4 is 65.7 Å². The summed E-state index contributed by atoms with van der Waals surface area (Å²) in [6, 6.07) is 0.250. The smallest absolute Gasteiger partial charge is 0.374 e. The number of nitrogens with zero attached hydrogens (tertiary/aromatic N) is 2. The van der Waals surface area contributed by atoms with Gasteiger partial charge in [0.05, 0.1) is 16.8 Å². The van der Waals surface area contributed by atoms with Gasteiger partial charge < -0.3 is 24.0 Å². The molecule has 1 heterocycles. The summed E-state index contributed by atoms with van der Waals surface area (Å²) in [6.07, 6.45) is -0.740. The average molecular weight is 475 g/mol. The van der Waals surface area contributed by atoms with E-state index in [4.69, 9.17) is 27.9 Å². The Morgan fingerprint density at radius 1 is 1.13 bits per heavy atom. The van der Waals surface area contributed by atoms with Gasteiger partial charge in [0.2, 0.25) is 0 Å². The van der Waals surface area contributed by atoms with Gasteiger partial charge in [-0.05, 0) is 6.92 Å². The predicted molar refractivity (Wildman–Crippen MR) is 103 cm³/mol. The lowest BCUT2D eigenvalue weighted by atomic mass is 10.1. The first-order valence-electron chi connectivity index (χ1n) is 8.79. The molecule has 2 rings (SSSR count). The SMILES string of the molecule is CCN(c1cc(Cl)ncc1Cl)C1C(OC(=O)CC=O)C1(C=O)C(=O)OOC(=O)CC=O. The zero-order valence-electron chi connectivity index (χ0n) is 16.0. The maximum atomic E-state index is 12.7. The highest BCUT2D eigenvalue weighted by molar-refractivity contribution is 6.34. The average Bonchev–Trinajstić information content (AvgIpc) is 3.37. The molecule has 31 heavy (non-hydrogen) atoms. The largest absolute Gasteiger partial charge is 0.458 e. The maximum absolute atomic E-state index is 12.7. The Kier molecular flexibility index (Phi) is 8.06. The molecule has 0 N–H and O–H groups in total. The first-order valence-corrected chi connectivity index (χ1v) is 9.54. The van der Waals surface area contributed by atoms with Crippen molar-refractivity contribution in [2.45, 2.75) is 31.9 Å². The monoisotopic (exact) mass is 474 g/mol. The summed E-state index contributed by atoms with van der Waals surface area (Å²) < 4.78 is 5.14. The minimum Gasteiger partial charge on any atom is -0.458 e. The van der Waals surface area contributed by atoms with Crippen molar-refractivity contribution in [2.24, 2.45) is 5.41 Å². The van der Waals surface area contributed by atoms with Crippen LogP contribution in [-0.4, -0.2) is 60.4 Å². The second-order valence-electron chi connectivity index (χ2n) is 6.22. The van der Waals surface area contributed by atoms with Gasteiger partial charge in [0.15, 0.2) is 5.41 Å². The summed E-state index contributed by atoms with van der Waals surface area (Å²) in [6.45, 7) is 1.83. The first-order chi connectivity index (χ1) is 14.8. The number of likely N-dealkylation sites (N-methyl/N-ethyl adjacent to an activating group) is 1. The molecule has 0 amide bonds. The number of hydrogen-bond acceptors (Lipinski definition) is 11. The maximum Gasteiger partial charge on any atom is 0.374 e. The van der Waals surface area contributed by atoms with Crippen molar-refractivity contribution < 1.29 is 43.3 Å². The van der Waals surface area contributed by atoms with E-state index in [1.54, 1.807) is 6.92 Å². The van der Waals surface area contributed by atoms with Crippen LogP contribution in [0.4, 0.5) is 5.69 Å². The van der Waals surface area contributed by atoms with E-state index in [0.717, 1.165) is 0 Å². The second kappa shape index (κ2) is 10.3. The Hall–Kier alpha value is -3.05. The van der Waals surface area contributed by atoms with Gasteiger partial charge in [0.1, 0.15) is 43.0 Å². The molecule has 3 unspecified atom stereocenters. The number of rotatable bonds is 10. The topological polar surface area (TPSA) is 146 Å². The van der Waals surface area contributed by atoms with Crippen molar-refractivity contribution in [3.05, 3.63) is 22.4 Å². The van der Waals surface area contributed by atoms with Crippen molar-refractivity contribution in [2.75, 3.05) is 11.4 Å². The van der Waals surface area contributed by atoms with Crippen LogP contribution in [0.1, 0.15) is 19.8 Å². The van der Waals surface area contributed by atoms with Crippen molar-refractivity contribution in [1.82, 2.24) is 4.98 Å². The lowest BCUT2D eigenvalue weighted by Gasteiger charge is -2.25. The molecule has 3 atom stereocenters. The molecule has 1 aliphatic carbocycles. The molecule has 0 spiro atoms.